The summed E-state index contributed by atoms with van der Waals surface area (Å²) in [5.74, 6) is 0.516. The first-order valence-electron chi connectivity index (χ1n) is 9.95. The van der Waals surface area contributed by atoms with Gasteiger partial charge in [0.05, 0.1) is 19.3 Å². The molecule has 2 aromatic carbocycles. The van der Waals surface area contributed by atoms with Crippen molar-refractivity contribution in [1.29, 1.82) is 0 Å². The van der Waals surface area contributed by atoms with Crippen molar-refractivity contribution in [2.45, 2.75) is 57.9 Å². The van der Waals surface area contributed by atoms with Crippen LogP contribution >= 0.6 is 0 Å². The van der Waals surface area contributed by atoms with E-state index in [1.807, 2.05) is 31.2 Å². The molecule has 0 aliphatic rings. The number of halogens is 1. The van der Waals surface area contributed by atoms with Crippen LogP contribution in [0.25, 0.3) is 0 Å². The van der Waals surface area contributed by atoms with E-state index < -0.39 is 13.9 Å². The summed E-state index contributed by atoms with van der Waals surface area (Å²) in [6.07, 6.45) is 0. The van der Waals surface area contributed by atoms with Gasteiger partial charge in [0, 0.05) is 12.1 Å². The van der Waals surface area contributed by atoms with Gasteiger partial charge >= 0.3 is 0 Å². The molecule has 2 aromatic rings. The van der Waals surface area contributed by atoms with Crippen LogP contribution in [0.5, 0.6) is 5.75 Å². The van der Waals surface area contributed by atoms with E-state index >= 15 is 0 Å². The Morgan fingerprint density at radius 1 is 1.03 bits per heavy atom. The van der Waals surface area contributed by atoms with E-state index in [9.17, 15) is 4.39 Å². The lowest BCUT2D eigenvalue weighted by Gasteiger charge is -2.41. The molecular formula is C23H33BFNO2Si. The van der Waals surface area contributed by atoms with Gasteiger partial charge in [-0.1, -0.05) is 50.5 Å². The molecule has 6 heteroatoms. The maximum atomic E-state index is 14.8. The Balaban J connectivity index is 2.30. The number of benzene rings is 2. The maximum Gasteiger partial charge on any atom is 0.192 e. The van der Waals surface area contributed by atoms with Crippen LogP contribution in [-0.2, 0) is 16.5 Å². The van der Waals surface area contributed by atoms with Gasteiger partial charge in [-0.25, -0.2) is 4.39 Å². The van der Waals surface area contributed by atoms with E-state index in [4.69, 9.17) is 17.0 Å². The molecule has 1 atom stereocenters. The van der Waals surface area contributed by atoms with Crippen LogP contribution in [0.4, 0.5) is 4.39 Å². The molecule has 2 radical (unpaired) electrons. The molecule has 3 nitrogen and oxygen atoms in total. The van der Waals surface area contributed by atoms with Gasteiger partial charge in [0.2, 0.25) is 0 Å². The molecule has 1 N–H and O–H groups in total. The van der Waals surface area contributed by atoms with Crippen LogP contribution < -0.4 is 15.5 Å². The van der Waals surface area contributed by atoms with Crippen molar-refractivity contribution in [3.8, 4) is 5.75 Å². The second-order valence-corrected chi connectivity index (χ2v) is 14.1. The first-order chi connectivity index (χ1) is 13.4. The average Bonchev–Trinajstić information content (AvgIpc) is 2.66. The monoisotopic (exact) mass is 413 g/mol. The molecule has 0 aromatic heterocycles. The number of ether oxygens (including phenoxy) is 1. The summed E-state index contributed by atoms with van der Waals surface area (Å²) in [6, 6.07) is 12.5. The Hall–Kier alpha value is -1.63. The summed E-state index contributed by atoms with van der Waals surface area (Å²) < 4.78 is 26.5. The van der Waals surface area contributed by atoms with Crippen LogP contribution in [0.1, 0.15) is 38.8 Å². The lowest BCUT2D eigenvalue weighted by Crippen LogP contribution is -2.50. The Morgan fingerprint density at radius 3 is 2.21 bits per heavy atom. The molecule has 156 valence electrons. The smallest absolute Gasteiger partial charge is 0.192 e. The molecule has 0 bridgehead atoms. The Morgan fingerprint density at radius 2 is 1.66 bits per heavy atom. The minimum absolute atomic E-state index is 0.0676. The van der Waals surface area contributed by atoms with E-state index in [1.165, 1.54) is 6.07 Å². The van der Waals surface area contributed by atoms with Gasteiger partial charge in [0.25, 0.3) is 0 Å². The van der Waals surface area contributed by atoms with Gasteiger partial charge in [0.15, 0.2) is 8.32 Å². The van der Waals surface area contributed by atoms with Gasteiger partial charge in [-0.15, -0.1) is 0 Å². The van der Waals surface area contributed by atoms with E-state index in [0.29, 0.717) is 24.2 Å². The van der Waals surface area contributed by atoms with Crippen molar-refractivity contribution < 1.29 is 13.6 Å². The SMILES string of the molecule is [B]c1ccc(F)c([C@](C)(CO[Si](C)(C)C(C)(C)C)NCc2ccc(OC)cc2)c1. The molecule has 0 aliphatic heterocycles. The number of hydrogen-bond donors (Lipinski definition) is 1. The molecule has 0 fully saturated rings. The van der Waals surface area contributed by atoms with Crippen molar-refractivity contribution in [2.24, 2.45) is 0 Å². The third-order valence-corrected chi connectivity index (χ3v) is 10.4. The van der Waals surface area contributed by atoms with Crippen molar-refractivity contribution in [2.75, 3.05) is 13.7 Å². The van der Waals surface area contributed by atoms with Crippen molar-refractivity contribution >= 4 is 21.6 Å². The summed E-state index contributed by atoms with van der Waals surface area (Å²) in [5.41, 5.74) is 1.40. The maximum absolute atomic E-state index is 14.8. The first kappa shape index (κ1) is 23.6. The summed E-state index contributed by atoms with van der Waals surface area (Å²) >= 11 is 0. The third kappa shape index (κ3) is 5.94. The second-order valence-electron chi connectivity index (χ2n) is 9.32. The highest BCUT2D eigenvalue weighted by atomic mass is 28.4. The fraction of sp³-hybridized carbons (Fsp3) is 0.478. The number of rotatable bonds is 8. The van der Waals surface area contributed by atoms with Gasteiger partial charge in [-0.2, -0.15) is 0 Å². The molecule has 29 heavy (non-hydrogen) atoms. The molecule has 0 spiro atoms. The summed E-state index contributed by atoms with van der Waals surface area (Å²) in [6.45, 7) is 13.9. The topological polar surface area (TPSA) is 30.5 Å². The lowest BCUT2D eigenvalue weighted by molar-refractivity contribution is 0.174. The van der Waals surface area contributed by atoms with E-state index in [-0.39, 0.29) is 10.9 Å². The molecule has 0 amide bonds. The molecular weight excluding hydrogens is 380 g/mol. The van der Waals surface area contributed by atoms with E-state index in [1.54, 1.807) is 19.2 Å². The van der Waals surface area contributed by atoms with Gasteiger partial charge in [-0.05, 0) is 48.8 Å². The van der Waals surface area contributed by atoms with Crippen LogP contribution in [-0.4, -0.2) is 29.9 Å². The zero-order valence-corrected chi connectivity index (χ0v) is 19.7. The Bertz CT molecular complexity index is 821. The highest BCUT2D eigenvalue weighted by Crippen LogP contribution is 2.38. The van der Waals surface area contributed by atoms with Crippen molar-refractivity contribution in [3.63, 3.8) is 0 Å². The zero-order valence-electron chi connectivity index (χ0n) is 18.7. The minimum Gasteiger partial charge on any atom is -0.497 e. The Labute approximate surface area is 177 Å². The van der Waals surface area contributed by atoms with Gasteiger partial charge in [0.1, 0.15) is 19.4 Å². The van der Waals surface area contributed by atoms with E-state index in [2.05, 4.69) is 39.2 Å². The lowest BCUT2D eigenvalue weighted by atomic mass is 9.86. The van der Waals surface area contributed by atoms with Crippen LogP contribution in [0.15, 0.2) is 42.5 Å². The summed E-state index contributed by atoms with van der Waals surface area (Å²) in [7, 11) is 5.61. The highest BCUT2D eigenvalue weighted by Gasteiger charge is 2.40. The average molecular weight is 413 g/mol. The largest absolute Gasteiger partial charge is 0.497 e. The predicted molar refractivity (Wildman–Crippen MR) is 122 cm³/mol. The minimum atomic E-state index is -2.01. The summed E-state index contributed by atoms with van der Waals surface area (Å²) in [5, 5.41) is 3.59. The number of hydrogen-bond acceptors (Lipinski definition) is 3. The first-order valence-corrected chi connectivity index (χ1v) is 12.9. The van der Waals surface area contributed by atoms with Crippen LogP contribution in [0, 0.1) is 5.82 Å². The predicted octanol–water partition coefficient (Wildman–Crippen LogP) is 4.65. The zero-order chi connectivity index (χ0) is 21.9. The van der Waals surface area contributed by atoms with Gasteiger partial charge in [-0.3, -0.25) is 0 Å². The molecule has 0 saturated carbocycles. The molecule has 0 heterocycles. The standard InChI is InChI=1S/C23H33BFNO2Si/c1-22(2,3)29(6,7)28-16-23(4,20-14-18(24)10-13-21(20)25)26-15-17-8-11-19(27-5)12-9-17/h8-14,26H,15-16H2,1-7H3/t23-/m0/s1. The Kier molecular flexibility index (Phi) is 7.36. The van der Waals surface area contributed by atoms with Crippen molar-refractivity contribution in [1.82, 2.24) is 5.32 Å². The molecule has 0 saturated heterocycles. The van der Waals surface area contributed by atoms with Crippen LogP contribution in [0.2, 0.25) is 18.1 Å². The molecule has 0 aliphatic carbocycles. The molecule has 2 rings (SSSR count). The highest BCUT2D eigenvalue weighted by molar-refractivity contribution is 6.74. The van der Waals surface area contributed by atoms with Gasteiger partial charge < -0.3 is 14.5 Å². The van der Waals surface area contributed by atoms with Crippen LogP contribution in [0.3, 0.4) is 0 Å². The molecule has 0 unspecified atom stereocenters. The normalized spacial score (nSPS) is 14.5. The second kappa shape index (κ2) is 9.02. The van der Waals surface area contributed by atoms with Crippen molar-refractivity contribution in [3.05, 3.63) is 59.4 Å². The number of methoxy groups -OCH3 is 1. The quantitative estimate of drug-likeness (QED) is 0.639. The fourth-order valence-electron chi connectivity index (χ4n) is 2.77. The third-order valence-electron chi connectivity index (χ3n) is 5.95. The fourth-order valence-corrected chi connectivity index (χ4v) is 3.85. The summed E-state index contributed by atoms with van der Waals surface area (Å²) in [4.78, 5) is 0. The number of nitrogens with one attached hydrogen (secondary N) is 1. The van der Waals surface area contributed by atoms with E-state index in [0.717, 1.165) is 11.3 Å².